The normalized spacial score (nSPS) is 10.5. The molecule has 0 unspecified atom stereocenters. The minimum absolute atomic E-state index is 0.0736. The molecule has 2 N–H and O–H groups in total. The van der Waals surface area contributed by atoms with Crippen LogP contribution in [0.3, 0.4) is 0 Å². The number of aryl methyl sites for hydroxylation is 4. The summed E-state index contributed by atoms with van der Waals surface area (Å²) in [5.74, 6) is -0.322. The zero-order valence-corrected chi connectivity index (χ0v) is 15.2. The molecule has 0 aliphatic carbocycles. The Balaban J connectivity index is 1.76. The van der Waals surface area contributed by atoms with Gasteiger partial charge in [-0.15, -0.1) is 11.8 Å². The summed E-state index contributed by atoms with van der Waals surface area (Å²) < 4.78 is 1.60. The summed E-state index contributed by atoms with van der Waals surface area (Å²) in [5, 5.41) is 4.21. The van der Waals surface area contributed by atoms with Gasteiger partial charge in [0.15, 0.2) is 0 Å². The second-order valence-electron chi connectivity index (χ2n) is 5.74. The molecule has 0 atom stereocenters. The number of carbonyl (C=O) groups excluding carboxylic acids is 2. The smallest absolute Gasteiger partial charge is 0.260 e. The summed E-state index contributed by atoms with van der Waals surface area (Å²) in [7, 11) is 0. The second kappa shape index (κ2) is 8.01. The Morgan fingerprint density at radius 1 is 1.08 bits per heavy atom. The van der Waals surface area contributed by atoms with Crippen molar-refractivity contribution in [2.24, 2.45) is 0 Å². The highest BCUT2D eigenvalue weighted by molar-refractivity contribution is 8.00. The molecular weight excluding hydrogens is 324 g/mol. The van der Waals surface area contributed by atoms with Gasteiger partial charge in [0.1, 0.15) is 6.54 Å². The molecule has 24 heavy (non-hydrogen) atoms. The van der Waals surface area contributed by atoms with Crippen LogP contribution < -0.4 is 10.9 Å². The van der Waals surface area contributed by atoms with Crippen molar-refractivity contribution in [2.45, 2.75) is 39.1 Å². The number of hydrazine groups is 1. The minimum atomic E-state index is -0.314. The lowest BCUT2D eigenvalue weighted by Gasteiger charge is -2.09. The molecule has 0 aliphatic rings. The molecule has 0 spiro atoms. The maximum atomic E-state index is 11.9. The van der Waals surface area contributed by atoms with E-state index in [-0.39, 0.29) is 24.1 Å². The fourth-order valence-electron chi connectivity index (χ4n) is 2.29. The molecule has 7 heteroatoms. The van der Waals surface area contributed by atoms with Gasteiger partial charge >= 0.3 is 0 Å². The van der Waals surface area contributed by atoms with Crippen LogP contribution in [0.2, 0.25) is 0 Å². The molecule has 1 aromatic heterocycles. The van der Waals surface area contributed by atoms with E-state index < -0.39 is 0 Å². The Kier molecular flexibility index (Phi) is 6.03. The molecular formula is C17H22N4O2S. The highest BCUT2D eigenvalue weighted by atomic mass is 32.2. The lowest BCUT2D eigenvalue weighted by Crippen LogP contribution is -2.44. The van der Waals surface area contributed by atoms with E-state index >= 15 is 0 Å². The number of benzene rings is 1. The van der Waals surface area contributed by atoms with Gasteiger partial charge in [-0.25, -0.2) is 0 Å². The monoisotopic (exact) mass is 346 g/mol. The van der Waals surface area contributed by atoms with Gasteiger partial charge in [-0.05, 0) is 45.4 Å². The van der Waals surface area contributed by atoms with Crippen molar-refractivity contribution in [1.29, 1.82) is 0 Å². The van der Waals surface area contributed by atoms with Gasteiger partial charge < -0.3 is 0 Å². The van der Waals surface area contributed by atoms with E-state index in [0.29, 0.717) is 0 Å². The number of nitrogens with zero attached hydrogens (tertiary/aromatic N) is 2. The number of nitrogens with one attached hydrogen (secondary N) is 2. The molecule has 0 saturated carbocycles. The Morgan fingerprint density at radius 3 is 2.42 bits per heavy atom. The maximum absolute atomic E-state index is 11.9. The minimum Gasteiger partial charge on any atom is -0.272 e. The molecule has 0 bridgehead atoms. The first-order valence-corrected chi connectivity index (χ1v) is 8.62. The molecule has 2 rings (SSSR count). The van der Waals surface area contributed by atoms with Crippen LogP contribution in [0.5, 0.6) is 0 Å². The zero-order chi connectivity index (χ0) is 17.7. The van der Waals surface area contributed by atoms with E-state index in [2.05, 4.69) is 22.0 Å². The predicted molar refractivity (Wildman–Crippen MR) is 94.6 cm³/mol. The molecule has 128 valence electrons. The van der Waals surface area contributed by atoms with E-state index in [1.54, 1.807) is 4.68 Å². The van der Waals surface area contributed by atoms with Gasteiger partial charge in [-0.2, -0.15) is 5.10 Å². The van der Waals surface area contributed by atoms with Gasteiger partial charge in [0.05, 0.1) is 11.4 Å². The van der Waals surface area contributed by atoms with Crippen LogP contribution >= 0.6 is 11.8 Å². The van der Waals surface area contributed by atoms with E-state index in [9.17, 15) is 9.59 Å². The lowest BCUT2D eigenvalue weighted by atomic mass is 10.2. The van der Waals surface area contributed by atoms with Gasteiger partial charge in [0.25, 0.3) is 5.91 Å². The first-order valence-electron chi connectivity index (χ1n) is 7.64. The molecule has 0 aliphatic heterocycles. The van der Waals surface area contributed by atoms with Crippen molar-refractivity contribution in [3.05, 3.63) is 46.8 Å². The summed E-state index contributed by atoms with van der Waals surface area (Å²) in [6, 6.07) is 8.00. The number of hydrogen-bond donors (Lipinski definition) is 2. The number of rotatable bonds is 5. The van der Waals surface area contributed by atoms with Gasteiger partial charge in [-0.1, -0.05) is 17.7 Å². The Labute approximate surface area is 146 Å². The highest BCUT2D eigenvalue weighted by Gasteiger charge is 2.09. The Hall–Kier alpha value is -2.28. The van der Waals surface area contributed by atoms with Crippen molar-refractivity contribution < 1.29 is 9.59 Å². The van der Waals surface area contributed by atoms with E-state index in [4.69, 9.17) is 0 Å². The van der Waals surface area contributed by atoms with E-state index in [1.165, 1.54) is 17.3 Å². The van der Waals surface area contributed by atoms with Gasteiger partial charge in [0, 0.05) is 10.6 Å². The average Bonchev–Trinajstić information content (AvgIpc) is 2.82. The molecule has 0 radical (unpaired) electrons. The third-order valence-corrected chi connectivity index (χ3v) is 4.60. The average molecular weight is 346 g/mol. The van der Waals surface area contributed by atoms with Crippen LogP contribution in [0, 0.1) is 27.7 Å². The number of aromatic nitrogens is 2. The lowest BCUT2D eigenvalue weighted by molar-refractivity contribution is -0.128. The van der Waals surface area contributed by atoms with E-state index in [0.717, 1.165) is 21.8 Å². The number of amides is 2. The Bertz CT molecular complexity index is 755. The van der Waals surface area contributed by atoms with Crippen molar-refractivity contribution in [2.75, 3.05) is 5.75 Å². The number of carbonyl (C=O) groups is 2. The topological polar surface area (TPSA) is 76.0 Å². The molecule has 2 amide bonds. The third-order valence-electron chi connectivity index (χ3n) is 3.43. The van der Waals surface area contributed by atoms with Gasteiger partial charge in [-0.3, -0.25) is 25.1 Å². The van der Waals surface area contributed by atoms with Crippen molar-refractivity contribution in [3.63, 3.8) is 0 Å². The fraction of sp³-hybridized carbons (Fsp3) is 0.353. The number of thioether (sulfide) groups is 1. The molecule has 1 heterocycles. The predicted octanol–water partition coefficient (Wildman–Crippen LogP) is 2.06. The van der Waals surface area contributed by atoms with Crippen LogP contribution in [0.15, 0.2) is 29.2 Å². The van der Waals surface area contributed by atoms with Crippen molar-refractivity contribution >= 4 is 23.6 Å². The quantitative estimate of drug-likeness (QED) is 0.642. The van der Waals surface area contributed by atoms with Gasteiger partial charge in [0.2, 0.25) is 5.91 Å². The first kappa shape index (κ1) is 18.1. The molecule has 0 fully saturated rings. The van der Waals surface area contributed by atoms with Crippen LogP contribution in [0.25, 0.3) is 0 Å². The van der Waals surface area contributed by atoms with E-state index in [1.807, 2.05) is 45.9 Å². The third kappa shape index (κ3) is 5.13. The standard InChI is InChI=1S/C17H22N4O2S/c1-11-5-6-15(12(2)7-11)24-10-17(23)19-18-16(22)9-21-14(4)8-13(3)20-21/h5-8H,9-10H2,1-4H3,(H,18,22)(H,19,23). The summed E-state index contributed by atoms with van der Waals surface area (Å²) in [6.45, 7) is 7.87. The SMILES string of the molecule is Cc1ccc(SCC(=O)NNC(=O)Cn2nc(C)cc2C)c(C)c1. The van der Waals surface area contributed by atoms with Crippen LogP contribution in [0.1, 0.15) is 22.5 Å². The Morgan fingerprint density at radius 2 is 1.79 bits per heavy atom. The van der Waals surface area contributed by atoms with Crippen LogP contribution in [-0.2, 0) is 16.1 Å². The summed E-state index contributed by atoms with van der Waals surface area (Å²) in [5.41, 5.74) is 8.93. The van der Waals surface area contributed by atoms with Crippen LogP contribution in [0.4, 0.5) is 0 Å². The van der Waals surface area contributed by atoms with Crippen molar-refractivity contribution in [1.82, 2.24) is 20.6 Å². The zero-order valence-electron chi connectivity index (χ0n) is 14.3. The number of hydrogen-bond acceptors (Lipinski definition) is 4. The molecule has 2 aromatic rings. The fourth-order valence-corrected chi connectivity index (χ4v) is 3.10. The second-order valence-corrected chi connectivity index (χ2v) is 6.76. The molecule has 6 nitrogen and oxygen atoms in total. The summed E-state index contributed by atoms with van der Waals surface area (Å²) in [6.07, 6.45) is 0. The summed E-state index contributed by atoms with van der Waals surface area (Å²) >= 11 is 1.44. The largest absolute Gasteiger partial charge is 0.272 e. The van der Waals surface area contributed by atoms with Crippen LogP contribution in [-0.4, -0.2) is 27.3 Å². The molecule has 0 saturated heterocycles. The highest BCUT2D eigenvalue weighted by Crippen LogP contribution is 2.22. The maximum Gasteiger partial charge on any atom is 0.260 e. The molecule has 1 aromatic carbocycles. The first-order chi connectivity index (χ1) is 11.3. The van der Waals surface area contributed by atoms with Crippen molar-refractivity contribution in [3.8, 4) is 0 Å². The summed E-state index contributed by atoms with van der Waals surface area (Å²) in [4.78, 5) is 24.8.